The first-order valence-electron chi connectivity index (χ1n) is 10.1. The molecule has 1 fully saturated rings. The lowest BCUT2D eigenvalue weighted by Gasteiger charge is -2.14. The first-order valence-corrected chi connectivity index (χ1v) is 10.1. The maximum absolute atomic E-state index is 13.1. The van der Waals surface area contributed by atoms with Gasteiger partial charge in [0.05, 0.1) is 18.4 Å². The molecule has 0 N–H and O–H groups in total. The third-order valence-electron chi connectivity index (χ3n) is 6.25. The van der Waals surface area contributed by atoms with Crippen molar-refractivity contribution in [2.45, 2.75) is 26.7 Å². The van der Waals surface area contributed by atoms with Crippen molar-refractivity contribution < 1.29 is 23.9 Å². The van der Waals surface area contributed by atoms with Crippen LogP contribution in [-0.2, 0) is 9.59 Å². The fraction of sp³-hybridized carbons (Fsp3) is 0.348. The van der Waals surface area contributed by atoms with Crippen LogP contribution in [0, 0.1) is 25.7 Å². The summed E-state index contributed by atoms with van der Waals surface area (Å²) in [5.74, 6) is 0.0209. The predicted molar refractivity (Wildman–Crippen MR) is 108 cm³/mol. The van der Waals surface area contributed by atoms with Gasteiger partial charge in [-0.3, -0.25) is 19.3 Å². The van der Waals surface area contributed by atoms with Gasteiger partial charge < -0.3 is 14.0 Å². The zero-order chi connectivity index (χ0) is 21.0. The highest BCUT2D eigenvalue weighted by Gasteiger charge is 2.47. The summed E-state index contributed by atoms with van der Waals surface area (Å²) in [6.07, 6.45) is 5.02. The predicted octanol–water partition coefficient (Wildman–Crippen LogP) is 2.96. The van der Waals surface area contributed by atoms with E-state index in [0.717, 1.165) is 22.0 Å². The molecular formula is C23H22N2O5. The minimum atomic E-state index is -0.323. The largest absolute Gasteiger partial charge is 0.454 e. The Morgan fingerprint density at radius 3 is 2.37 bits per heavy atom. The number of hydrogen-bond acceptors (Lipinski definition) is 5. The lowest BCUT2D eigenvalue weighted by molar-refractivity contribution is -0.139. The summed E-state index contributed by atoms with van der Waals surface area (Å²) in [6, 6.07) is 7.44. The van der Waals surface area contributed by atoms with Crippen LogP contribution in [0.2, 0.25) is 0 Å². The number of ketones is 1. The number of aryl methyl sites for hydroxylation is 1. The second-order valence-electron chi connectivity index (χ2n) is 8.00. The Morgan fingerprint density at radius 1 is 1.00 bits per heavy atom. The molecule has 1 saturated heterocycles. The lowest BCUT2D eigenvalue weighted by atomic mass is 9.85. The molecular weight excluding hydrogens is 384 g/mol. The third-order valence-corrected chi connectivity index (χ3v) is 6.25. The zero-order valence-corrected chi connectivity index (χ0v) is 16.9. The normalized spacial score (nSPS) is 22.0. The van der Waals surface area contributed by atoms with Crippen molar-refractivity contribution in [1.29, 1.82) is 0 Å². The number of benzene rings is 1. The van der Waals surface area contributed by atoms with Crippen LogP contribution in [0.1, 0.15) is 34.6 Å². The van der Waals surface area contributed by atoms with Crippen molar-refractivity contribution in [3.8, 4) is 17.2 Å². The molecule has 1 aliphatic carbocycles. The zero-order valence-electron chi connectivity index (χ0n) is 16.9. The maximum Gasteiger partial charge on any atom is 0.233 e. The number of nitrogens with zero attached hydrogens (tertiary/aromatic N) is 2. The van der Waals surface area contributed by atoms with E-state index in [9.17, 15) is 14.4 Å². The van der Waals surface area contributed by atoms with Gasteiger partial charge >= 0.3 is 0 Å². The molecule has 3 heterocycles. The monoisotopic (exact) mass is 406 g/mol. The van der Waals surface area contributed by atoms with Crippen molar-refractivity contribution in [1.82, 2.24) is 9.47 Å². The van der Waals surface area contributed by atoms with Crippen molar-refractivity contribution in [3.05, 3.63) is 53.4 Å². The van der Waals surface area contributed by atoms with Gasteiger partial charge in [0.2, 0.25) is 18.6 Å². The number of amides is 2. The van der Waals surface area contributed by atoms with Crippen LogP contribution < -0.4 is 9.47 Å². The van der Waals surface area contributed by atoms with Crippen molar-refractivity contribution in [2.75, 3.05) is 13.3 Å². The molecule has 2 aromatic rings. The van der Waals surface area contributed by atoms with Crippen LogP contribution in [0.25, 0.3) is 5.69 Å². The summed E-state index contributed by atoms with van der Waals surface area (Å²) in [6.45, 7) is 3.76. The molecule has 7 heteroatoms. The van der Waals surface area contributed by atoms with Crippen LogP contribution in [0.15, 0.2) is 36.4 Å². The first-order chi connectivity index (χ1) is 14.5. The fourth-order valence-electron chi connectivity index (χ4n) is 4.72. The topological polar surface area (TPSA) is 77.8 Å². The second-order valence-corrected chi connectivity index (χ2v) is 8.00. The Balaban J connectivity index is 1.42. The van der Waals surface area contributed by atoms with Crippen molar-refractivity contribution in [3.63, 3.8) is 0 Å². The van der Waals surface area contributed by atoms with E-state index in [1.807, 2.05) is 54.8 Å². The number of Topliss-reactive ketones (excluding diaryl/α,β-unsaturated/α-hetero) is 1. The van der Waals surface area contributed by atoms with E-state index in [1.54, 1.807) is 0 Å². The summed E-state index contributed by atoms with van der Waals surface area (Å²) in [5.41, 5.74) is 3.01. The molecule has 0 radical (unpaired) electrons. The molecule has 2 aliphatic heterocycles. The molecule has 0 unspecified atom stereocenters. The Hall–Kier alpha value is -3.35. The molecule has 7 nitrogen and oxygen atoms in total. The Morgan fingerprint density at radius 2 is 1.67 bits per heavy atom. The molecule has 0 saturated carbocycles. The smallest absolute Gasteiger partial charge is 0.233 e. The fourth-order valence-corrected chi connectivity index (χ4v) is 4.72. The summed E-state index contributed by atoms with van der Waals surface area (Å²) < 4.78 is 12.8. The van der Waals surface area contributed by atoms with Gasteiger partial charge in [0.25, 0.3) is 0 Å². The summed E-state index contributed by atoms with van der Waals surface area (Å²) >= 11 is 0. The van der Waals surface area contributed by atoms with Crippen LogP contribution in [-0.4, -0.2) is 40.4 Å². The number of likely N-dealkylation sites (tertiary alicyclic amines) is 1. The van der Waals surface area contributed by atoms with E-state index in [0.29, 0.717) is 29.9 Å². The third kappa shape index (κ3) is 2.76. The molecule has 3 aliphatic rings. The maximum atomic E-state index is 13.1. The van der Waals surface area contributed by atoms with E-state index in [2.05, 4.69) is 0 Å². The number of fused-ring (bicyclic) bond motifs is 2. The number of allylic oxidation sites excluding steroid dienone is 2. The molecule has 154 valence electrons. The average Bonchev–Trinajstić information content (AvgIpc) is 3.39. The SMILES string of the molecule is Cc1cc(C(=O)CN2C(=O)[C@H]3CC=CC[C@@H]3C2=O)c(C)n1-c1ccc2c(c1)OCO2. The van der Waals surface area contributed by atoms with E-state index in [1.165, 1.54) is 0 Å². The van der Waals surface area contributed by atoms with E-state index in [4.69, 9.17) is 9.47 Å². The van der Waals surface area contributed by atoms with E-state index < -0.39 is 0 Å². The Kier molecular flexibility index (Phi) is 4.27. The molecule has 2 amide bonds. The highest BCUT2D eigenvalue weighted by molar-refractivity contribution is 6.10. The quantitative estimate of drug-likeness (QED) is 0.443. The molecule has 1 aromatic carbocycles. The molecule has 0 spiro atoms. The number of hydrogen-bond donors (Lipinski definition) is 0. The lowest BCUT2D eigenvalue weighted by Crippen LogP contribution is -2.36. The highest BCUT2D eigenvalue weighted by Crippen LogP contribution is 2.36. The number of carbonyl (C=O) groups is 3. The van der Waals surface area contributed by atoms with Gasteiger partial charge in [0.1, 0.15) is 0 Å². The summed E-state index contributed by atoms with van der Waals surface area (Å²) in [5, 5.41) is 0. The van der Waals surface area contributed by atoms with Crippen LogP contribution >= 0.6 is 0 Å². The first kappa shape index (κ1) is 18.7. The van der Waals surface area contributed by atoms with Gasteiger partial charge in [0.15, 0.2) is 17.3 Å². The Labute approximate surface area is 173 Å². The van der Waals surface area contributed by atoms with Crippen LogP contribution in [0.5, 0.6) is 11.5 Å². The van der Waals surface area contributed by atoms with Gasteiger partial charge in [-0.25, -0.2) is 0 Å². The minimum absolute atomic E-state index is 0.196. The van der Waals surface area contributed by atoms with Crippen LogP contribution in [0.3, 0.4) is 0 Å². The highest BCUT2D eigenvalue weighted by atomic mass is 16.7. The van der Waals surface area contributed by atoms with Crippen molar-refractivity contribution >= 4 is 17.6 Å². The van der Waals surface area contributed by atoms with Gasteiger partial charge in [-0.05, 0) is 44.9 Å². The van der Waals surface area contributed by atoms with Crippen molar-refractivity contribution in [2.24, 2.45) is 11.8 Å². The van der Waals surface area contributed by atoms with Gasteiger partial charge in [-0.15, -0.1) is 0 Å². The van der Waals surface area contributed by atoms with Gasteiger partial charge in [-0.2, -0.15) is 0 Å². The molecule has 0 bridgehead atoms. The Bertz CT molecular complexity index is 1090. The number of rotatable bonds is 4. The summed E-state index contributed by atoms with van der Waals surface area (Å²) in [4.78, 5) is 39.6. The molecule has 1 aromatic heterocycles. The van der Waals surface area contributed by atoms with E-state index >= 15 is 0 Å². The molecule has 30 heavy (non-hydrogen) atoms. The van der Waals surface area contributed by atoms with Gasteiger partial charge in [-0.1, -0.05) is 12.2 Å². The van der Waals surface area contributed by atoms with E-state index in [-0.39, 0.29) is 42.8 Å². The molecule has 5 rings (SSSR count). The number of ether oxygens (including phenoxy) is 2. The van der Waals surface area contributed by atoms with Crippen LogP contribution in [0.4, 0.5) is 0 Å². The van der Waals surface area contributed by atoms with Gasteiger partial charge in [0, 0.05) is 28.7 Å². The number of imide groups is 1. The average molecular weight is 406 g/mol. The number of carbonyl (C=O) groups excluding carboxylic acids is 3. The standard InChI is InChI=1S/C23H22N2O5/c1-13-9-18(14(2)25(13)15-7-8-20-21(10-15)30-12-29-20)19(26)11-24-22(27)16-5-3-4-6-17(16)23(24)28/h3-4,7-10,16-17H,5-6,11-12H2,1-2H3/t16-,17-/m0/s1. The minimum Gasteiger partial charge on any atom is -0.454 e. The number of aromatic nitrogens is 1. The summed E-state index contributed by atoms with van der Waals surface area (Å²) in [7, 11) is 0. The second kappa shape index (κ2) is 6.86. The molecule has 2 atom stereocenters.